The minimum atomic E-state index is 1.07. The van der Waals surface area contributed by atoms with Crippen molar-refractivity contribution in [3.8, 4) is 44.5 Å². The molecule has 0 saturated heterocycles. The lowest BCUT2D eigenvalue weighted by molar-refractivity contribution is 1.27. The monoisotopic (exact) mass is 874 g/mol. The van der Waals surface area contributed by atoms with E-state index in [-0.39, 0.29) is 0 Å². The maximum Gasteiger partial charge on any atom is 0.0468 e. The summed E-state index contributed by atoms with van der Waals surface area (Å²) in [6.45, 7) is 12.5. The van der Waals surface area contributed by atoms with Crippen LogP contribution in [-0.4, -0.2) is 0 Å². The van der Waals surface area contributed by atoms with Crippen LogP contribution in [-0.2, 0) is 0 Å². The van der Waals surface area contributed by atoms with Crippen LogP contribution >= 0.6 is 0 Å². The van der Waals surface area contributed by atoms with Crippen molar-refractivity contribution in [1.82, 2.24) is 0 Å². The predicted molar refractivity (Wildman–Crippen MR) is 294 cm³/mol. The molecule has 0 aliphatic carbocycles. The lowest BCUT2D eigenvalue weighted by atomic mass is 9.84. The number of rotatable bonds is 12. The van der Waals surface area contributed by atoms with Crippen LogP contribution in [0.2, 0.25) is 0 Å². The third-order valence-electron chi connectivity index (χ3n) is 13.0. The van der Waals surface area contributed by atoms with Crippen molar-refractivity contribution in [3.05, 3.63) is 272 Å². The number of allylic oxidation sites excluding steroid dienone is 4. The van der Waals surface area contributed by atoms with Gasteiger partial charge >= 0.3 is 0 Å². The summed E-state index contributed by atoms with van der Waals surface area (Å²) in [5.41, 5.74) is 19.7. The van der Waals surface area contributed by atoms with E-state index in [1.807, 2.05) is 6.08 Å². The van der Waals surface area contributed by atoms with Crippen LogP contribution in [0.1, 0.15) is 23.6 Å². The van der Waals surface area contributed by atoms with Crippen molar-refractivity contribution in [3.63, 3.8) is 0 Å². The van der Waals surface area contributed by atoms with Gasteiger partial charge in [-0.2, -0.15) is 0 Å². The lowest BCUT2D eigenvalue weighted by Gasteiger charge is -2.27. The Morgan fingerprint density at radius 2 is 0.735 bits per heavy atom. The van der Waals surface area contributed by atoms with Gasteiger partial charge in [0.2, 0.25) is 0 Å². The van der Waals surface area contributed by atoms with Gasteiger partial charge in [0, 0.05) is 34.6 Å². The molecule has 0 amide bonds. The summed E-state index contributed by atoms with van der Waals surface area (Å²) < 4.78 is 0. The van der Waals surface area contributed by atoms with E-state index in [4.69, 9.17) is 0 Å². The summed E-state index contributed by atoms with van der Waals surface area (Å²) in [5.74, 6) is 0. The van der Waals surface area contributed by atoms with E-state index in [9.17, 15) is 0 Å². The largest absolute Gasteiger partial charge is 0.317 e. The number of fused-ring (bicyclic) bond motifs is 2. The average molecular weight is 875 g/mol. The van der Waals surface area contributed by atoms with Crippen molar-refractivity contribution >= 4 is 50.0 Å². The van der Waals surface area contributed by atoms with Gasteiger partial charge in [0.05, 0.1) is 0 Å². The molecular formula is C66H54N2. The van der Waals surface area contributed by atoms with E-state index in [1.165, 1.54) is 71.6 Å². The number of hydrogen-bond acceptors (Lipinski definition) is 2. The van der Waals surface area contributed by atoms with Gasteiger partial charge in [0.1, 0.15) is 0 Å². The van der Waals surface area contributed by atoms with Gasteiger partial charge in [-0.3, -0.25) is 0 Å². The van der Waals surface area contributed by atoms with E-state index in [2.05, 4.69) is 281 Å². The molecule has 68 heavy (non-hydrogen) atoms. The van der Waals surface area contributed by atoms with E-state index in [0.717, 1.165) is 45.1 Å². The summed E-state index contributed by atoms with van der Waals surface area (Å²) in [4.78, 5) is 4.67. The van der Waals surface area contributed by atoms with Crippen molar-refractivity contribution in [1.29, 1.82) is 0 Å². The normalized spacial score (nSPS) is 11.6. The highest BCUT2D eigenvalue weighted by molar-refractivity contribution is 6.22. The third kappa shape index (κ3) is 8.93. The Morgan fingerprint density at radius 3 is 1.18 bits per heavy atom. The van der Waals surface area contributed by atoms with Crippen LogP contribution in [0.25, 0.3) is 66.1 Å². The molecule has 328 valence electrons. The van der Waals surface area contributed by atoms with Crippen molar-refractivity contribution in [2.45, 2.75) is 27.7 Å². The third-order valence-corrected chi connectivity index (χ3v) is 13.0. The first-order valence-corrected chi connectivity index (χ1v) is 23.4. The van der Waals surface area contributed by atoms with Gasteiger partial charge < -0.3 is 9.80 Å². The van der Waals surface area contributed by atoms with Crippen LogP contribution in [0.15, 0.2) is 255 Å². The average Bonchev–Trinajstić information content (AvgIpc) is 3.39. The molecule has 10 aromatic rings. The molecule has 10 aromatic carbocycles. The standard InChI is InChI=1S/C66H54N2/c1-6-46(2)14-13-43-67(56-33-19-47(3)20-34-56)59-39-41-61-63(44-59)65(54-29-25-52(26-30-54)50-15-9-7-10-16-50)62-42-40-60(68(57-35-21-48(4)22-36-57)58-37-23-49(5)24-38-58)45-64(62)66(61)55-31-27-53(28-32-55)51-17-11-8-12-18-51/h6-45H,1H2,2-5H3. The summed E-state index contributed by atoms with van der Waals surface area (Å²) in [7, 11) is 0. The Kier molecular flexibility index (Phi) is 12.2. The molecule has 0 bridgehead atoms. The molecule has 0 aliphatic rings. The molecule has 0 aromatic heterocycles. The second-order valence-corrected chi connectivity index (χ2v) is 17.8. The molecule has 0 atom stereocenters. The summed E-state index contributed by atoms with van der Waals surface area (Å²) >= 11 is 0. The van der Waals surface area contributed by atoms with Crippen LogP contribution in [0.5, 0.6) is 0 Å². The van der Waals surface area contributed by atoms with E-state index < -0.39 is 0 Å². The van der Waals surface area contributed by atoms with Gasteiger partial charge in [-0.05, 0) is 160 Å². The number of benzene rings is 10. The predicted octanol–water partition coefficient (Wildman–Crippen LogP) is 18.8. The van der Waals surface area contributed by atoms with Crippen molar-refractivity contribution < 1.29 is 0 Å². The fourth-order valence-electron chi connectivity index (χ4n) is 9.25. The lowest BCUT2D eigenvalue weighted by Crippen LogP contribution is -2.10. The highest BCUT2D eigenvalue weighted by atomic mass is 15.1. The zero-order valence-electron chi connectivity index (χ0n) is 39.2. The van der Waals surface area contributed by atoms with Crippen LogP contribution in [0.4, 0.5) is 28.4 Å². The Morgan fingerprint density at radius 1 is 0.368 bits per heavy atom. The minimum absolute atomic E-state index is 1.07. The van der Waals surface area contributed by atoms with Gasteiger partial charge in [-0.15, -0.1) is 0 Å². The van der Waals surface area contributed by atoms with Gasteiger partial charge in [0.25, 0.3) is 0 Å². The molecule has 0 spiro atoms. The molecule has 0 fully saturated rings. The zero-order valence-corrected chi connectivity index (χ0v) is 39.2. The quantitative estimate of drug-likeness (QED) is 0.0891. The number of hydrogen-bond donors (Lipinski definition) is 0. The van der Waals surface area contributed by atoms with Crippen molar-refractivity contribution in [2.75, 3.05) is 9.80 Å². The Bertz CT molecular complexity index is 3390. The van der Waals surface area contributed by atoms with Gasteiger partial charge in [0.15, 0.2) is 0 Å². The zero-order chi connectivity index (χ0) is 46.6. The Labute approximate surface area is 401 Å². The minimum Gasteiger partial charge on any atom is -0.317 e. The molecule has 10 rings (SSSR count). The summed E-state index contributed by atoms with van der Waals surface area (Å²) in [6, 6.07) is 80.1. The summed E-state index contributed by atoms with van der Waals surface area (Å²) in [5, 5.41) is 4.72. The van der Waals surface area contributed by atoms with E-state index >= 15 is 0 Å². The molecule has 0 unspecified atom stereocenters. The van der Waals surface area contributed by atoms with Crippen LogP contribution < -0.4 is 9.80 Å². The van der Waals surface area contributed by atoms with E-state index in [1.54, 1.807) is 0 Å². The highest BCUT2D eigenvalue weighted by Crippen LogP contribution is 2.48. The first-order valence-electron chi connectivity index (χ1n) is 23.4. The van der Waals surface area contributed by atoms with Gasteiger partial charge in [-0.25, -0.2) is 0 Å². The second-order valence-electron chi connectivity index (χ2n) is 17.8. The molecule has 0 aliphatic heterocycles. The Balaban J connectivity index is 1.28. The van der Waals surface area contributed by atoms with Crippen molar-refractivity contribution in [2.24, 2.45) is 0 Å². The fourth-order valence-corrected chi connectivity index (χ4v) is 9.25. The molecule has 2 nitrogen and oxygen atoms in total. The molecule has 0 heterocycles. The molecule has 2 heteroatoms. The number of anilines is 5. The van der Waals surface area contributed by atoms with Crippen LogP contribution in [0, 0.1) is 20.8 Å². The SMILES string of the molecule is C=CC(C)=CC=CN(c1ccc(C)cc1)c1ccc2c(-c3ccc(-c4ccccc4)cc3)c3cc(N(c4ccc(C)cc4)c4ccc(C)cc4)ccc3c(-c3ccc(-c4ccccc4)cc3)c2c1. The molecular weight excluding hydrogens is 821 g/mol. The topological polar surface area (TPSA) is 6.48 Å². The van der Waals surface area contributed by atoms with Gasteiger partial charge in [-0.1, -0.05) is 199 Å². The number of aryl methyl sites for hydroxylation is 3. The first kappa shape index (κ1) is 43.4. The Hall–Kier alpha value is -8.46. The molecule has 0 N–H and O–H groups in total. The van der Waals surface area contributed by atoms with Crippen LogP contribution in [0.3, 0.4) is 0 Å². The second kappa shape index (κ2) is 19.2. The maximum atomic E-state index is 3.99. The maximum absolute atomic E-state index is 3.99. The van der Waals surface area contributed by atoms with E-state index in [0.29, 0.717) is 0 Å². The molecule has 0 saturated carbocycles. The molecule has 0 radical (unpaired) electrons. The smallest absolute Gasteiger partial charge is 0.0468 e. The highest BCUT2D eigenvalue weighted by Gasteiger charge is 2.22. The number of nitrogens with zero attached hydrogens (tertiary/aromatic N) is 2. The first-order chi connectivity index (χ1) is 33.3. The fraction of sp³-hybridized carbons (Fsp3) is 0.0606. The summed E-state index contributed by atoms with van der Waals surface area (Å²) in [6.07, 6.45) is 8.26.